The molecule has 1 aliphatic heterocycles. The van der Waals surface area contributed by atoms with Crippen LogP contribution in [0, 0.1) is 5.92 Å². The molecule has 2 heterocycles. The summed E-state index contributed by atoms with van der Waals surface area (Å²) in [6.07, 6.45) is 1.90. The van der Waals surface area contributed by atoms with Gasteiger partial charge in [-0.15, -0.1) is 12.4 Å². The van der Waals surface area contributed by atoms with Crippen LogP contribution >= 0.6 is 12.4 Å². The van der Waals surface area contributed by atoms with Crippen LogP contribution in [0.1, 0.15) is 30.3 Å². The van der Waals surface area contributed by atoms with Crippen molar-refractivity contribution in [3.8, 4) is 0 Å². The lowest BCUT2D eigenvalue weighted by Gasteiger charge is -2.37. The number of halogens is 1. The van der Waals surface area contributed by atoms with Gasteiger partial charge >= 0.3 is 0 Å². The molecule has 1 amide bonds. The number of likely N-dealkylation sites (tertiary alicyclic amines) is 1. The van der Waals surface area contributed by atoms with Crippen LogP contribution < -0.4 is 11.3 Å². The minimum absolute atomic E-state index is 0. The fourth-order valence-corrected chi connectivity index (χ4v) is 2.51. The molecule has 0 bridgehead atoms. The zero-order valence-corrected chi connectivity index (χ0v) is 12.6. The summed E-state index contributed by atoms with van der Waals surface area (Å²) in [7, 11) is 1.54. The van der Waals surface area contributed by atoms with Gasteiger partial charge in [-0.05, 0) is 24.8 Å². The molecular weight excluding hydrogens is 280 g/mol. The highest BCUT2D eigenvalue weighted by molar-refractivity contribution is 5.92. The highest BCUT2D eigenvalue weighted by atomic mass is 35.5. The summed E-state index contributed by atoms with van der Waals surface area (Å²) in [5, 5.41) is 4.01. The number of piperidine rings is 1. The number of hydrogen-bond donors (Lipinski definition) is 1. The van der Waals surface area contributed by atoms with E-state index >= 15 is 0 Å². The first-order valence-electron chi connectivity index (χ1n) is 6.58. The maximum absolute atomic E-state index is 12.4. The average Bonchev–Trinajstić information content (AvgIpc) is 2.41. The molecule has 0 aliphatic carbocycles. The molecule has 20 heavy (non-hydrogen) atoms. The molecule has 2 N–H and O–H groups in total. The van der Waals surface area contributed by atoms with Crippen molar-refractivity contribution in [1.29, 1.82) is 0 Å². The van der Waals surface area contributed by atoms with E-state index in [2.05, 4.69) is 12.0 Å². The smallest absolute Gasteiger partial charge is 0.274 e. The van der Waals surface area contributed by atoms with E-state index in [0.717, 1.165) is 12.8 Å². The minimum atomic E-state index is -0.223. The van der Waals surface area contributed by atoms with E-state index in [4.69, 9.17) is 5.73 Å². The topological polar surface area (TPSA) is 81.2 Å². The third-order valence-electron chi connectivity index (χ3n) is 3.69. The van der Waals surface area contributed by atoms with E-state index in [0.29, 0.717) is 24.7 Å². The van der Waals surface area contributed by atoms with Gasteiger partial charge in [-0.25, -0.2) is 4.68 Å². The van der Waals surface area contributed by atoms with E-state index in [1.807, 2.05) is 0 Å². The molecule has 6 nitrogen and oxygen atoms in total. The summed E-state index contributed by atoms with van der Waals surface area (Å²) in [5.41, 5.74) is 5.83. The predicted molar refractivity (Wildman–Crippen MR) is 79.0 cm³/mol. The Labute approximate surface area is 124 Å². The van der Waals surface area contributed by atoms with E-state index in [1.165, 1.54) is 23.9 Å². The van der Waals surface area contributed by atoms with Crippen molar-refractivity contribution in [3.05, 3.63) is 28.2 Å². The lowest BCUT2D eigenvalue weighted by molar-refractivity contribution is 0.0565. The van der Waals surface area contributed by atoms with Gasteiger partial charge in [0.15, 0.2) is 0 Å². The first-order valence-corrected chi connectivity index (χ1v) is 6.58. The van der Waals surface area contributed by atoms with Gasteiger partial charge in [-0.2, -0.15) is 5.10 Å². The number of rotatable bonds is 2. The number of aromatic nitrogens is 2. The van der Waals surface area contributed by atoms with Crippen LogP contribution in [-0.2, 0) is 7.05 Å². The first kappa shape index (κ1) is 16.7. The van der Waals surface area contributed by atoms with E-state index in [9.17, 15) is 9.59 Å². The zero-order valence-electron chi connectivity index (χ0n) is 11.8. The van der Waals surface area contributed by atoms with Gasteiger partial charge in [0.2, 0.25) is 0 Å². The quantitative estimate of drug-likeness (QED) is 0.857. The van der Waals surface area contributed by atoms with Crippen LogP contribution in [0.5, 0.6) is 0 Å². The maximum Gasteiger partial charge on any atom is 0.274 e. The molecule has 7 heteroatoms. The van der Waals surface area contributed by atoms with E-state index in [1.54, 1.807) is 4.90 Å². The van der Waals surface area contributed by atoms with Gasteiger partial charge < -0.3 is 10.6 Å². The number of carbonyl (C=O) groups excluding carboxylic acids is 1. The van der Waals surface area contributed by atoms with Crippen LogP contribution in [0.3, 0.4) is 0 Å². The van der Waals surface area contributed by atoms with Gasteiger partial charge in [0.05, 0.1) is 0 Å². The van der Waals surface area contributed by atoms with Crippen molar-refractivity contribution in [1.82, 2.24) is 14.7 Å². The Morgan fingerprint density at radius 2 is 2.20 bits per heavy atom. The second-order valence-electron chi connectivity index (χ2n) is 5.20. The Kier molecular flexibility index (Phi) is 5.71. The number of carbonyl (C=O) groups is 1. The first-order chi connectivity index (χ1) is 9.02. The summed E-state index contributed by atoms with van der Waals surface area (Å²) in [4.78, 5) is 25.5. The molecule has 2 atom stereocenters. The molecule has 112 valence electrons. The van der Waals surface area contributed by atoms with Crippen LogP contribution in [0.15, 0.2) is 16.9 Å². The molecule has 1 aromatic rings. The Morgan fingerprint density at radius 3 is 2.80 bits per heavy atom. The number of nitrogens with zero attached hydrogens (tertiary/aromatic N) is 3. The Balaban J connectivity index is 0.00000200. The third-order valence-corrected chi connectivity index (χ3v) is 3.69. The van der Waals surface area contributed by atoms with Crippen LogP contribution in [0.4, 0.5) is 0 Å². The molecule has 2 rings (SSSR count). The summed E-state index contributed by atoms with van der Waals surface area (Å²) < 4.78 is 1.18. The number of amides is 1. The van der Waals surface area contributed by atoms with Crippen molar-refractivity contribution in [3.63, 3.8) is 0 Å². The largest absolute Gasteiger partial charge is 0.333 e. The lowest BCUT2D eigenvalue weighted by atomic mass is 9.92. The van der Waals surface area contributed by atoms with E-state index < -0.39 is 0 Å². The lowest BCUT2D eigenvalue weighted by Crippen LogP contribution is -2.49. The fraction of sp³-hybridized carbons (Fsp3) is 0.615. The molecule has 2 unspecified atom stereocenters. The SMILES string of the molecule is CC1CCN(C(=O)c2ccc(=O)n(C)n2)C(CN)C1.Cl. The zero-order chi connectivity index (χ0) is 14.0. The minimum Gasteiger partial charge on any atom is -0.333 e. The van der Waals surface area contributed by atoms with Crippen LogP contribution in [0.25, 0.3) is 0 Å². The molecule has 0 spiro atoms. The fourth-order valence-electron chi connectivity index (χ4n) is 2.51. The number of nitrogens with two attached hydrogens (primary N) is 1. The predicted octanol–water partition coefficient (Wildman–Crippen LogP) is 0.401. The van der Waals surface area contributed by atoms with Gasteiger partial charge in [0.25, 0.3) is 11.5 Å². The molecule has 1 aliphatic rings. The normalized spacial score (nSPS) is 22.2. The maximum atomic E-state index is 12.4. The summed E-state index contributed by atoms with van der Waals surface area (Å²) in [5.74, 6) is 0.448. The third kappa shape index (κ3) is 3.37. The van der Waals surface area contributed by atoms with Crippen molar-refractivity contribution in [2.24, 2.45) is 18.7 Å². The van der Waals surface area contributed by atoms with E-state index in [-0.39, 0.29) is 29.9 Å². The molecular formula is C13H21ClN4O2. The van der Waals surface area contributed by atoms with Gasteiger partial charge in [0.1, 0.15) is 5.69 Å². The average molecular weight is 301 g/mol. The Bertz CT molecular complexity index is 531. The molecule has 0 aromatic carbocycles. The molecule has 1 saturated heterocycles. The summed E-state index contributed by atoms with van der Waals surface area (Å²) >= 11 is 0. The van der Waals surface area contributed by atoms with Crippen molar-refractivity contribution < 1.29 is 4.79 Å². The van der Waals surface area contributed by atoms with Gasteiger partial charge in [0, 0.05) is 32.2 Å². The Morgan fingerprint density at radius 1 is 1.50 bits per heavy atom. The molecule has 0 radical (unpaired) electrons. The second kappa shape index (κ2) is 6.85. The number of aryl methyl sites for hydroxylation is 1. The van der Waals surface area contributed by atoms with Crippen LogP contribution in [0.2, 0.25) is 0 Å². The van der Waals surface area contributed by atoms with Crippen molar-refractivity contribution in [2.45, 2.75) is 25.8 Å². The monoisotopic (exact) mass is 300 g/mol. The van der Waals surface area contributed by atoms with Crippen molar-refractivity contribution in [2.75, 3.05) is 13.1 Å². The molecule has 1 fully saturated rings. The van der Waals surface area contributed by atoms with Crippen LogP contribution in [-0.4, -0.2) is 39.7 Å². The molecule has 1 aromatic heterocycles. The summed E-state index contributed by atoms with van der Waals surface area (Å²) in [6.45, 7) is 3.34. The summed E-state index contributed by atoms with van der Waals surface area (Å²) in [6, 6.07) is 2.91. The van der Waals surface area contributed by atoms with Gasteiger partial charge in [-0.3, -0.25) is 9.59 Å². The van der Waals surface area contributed by atoms with Gasteiger partial charge in [-0.1, -0.05) is 6.92 Å². The Hall–Kier alpha value is -1.40. The highest BCUT2D eigenvalue weighted by Gasteiger charge is 2.30. The highest BCUT2D eigenvalue weighted by Crippen LogP contribution is 2.23. The second-order valence-corrected chi connectivity index (χ2v) is 5.20. The van der Waals surface area contributed by atoms with Crippen molar-refractivity contribution >= 4 is 18.3 Å². The molecule has 0 saturated carbocycles. The standard InChI is InChI=1S/C13H20N4O2.ClH/c1-9-5-6-17(10(7-9)8-14)13(19)11-3-4-12(18)16(2)15-11;/h3-4,9-10H,5-8,14H2,1-2H3;1H. The number of hydrogen-bond acceptors (Lipinski definition) is 4.